The van der Waals surface area contributed by atoms with Crippen molar-refractivity contribution in [3.63, 3.8) is 0 Å². The van der Waals surface area contributed by atoms with Gasteiger partial charge in [-0.05, 0) is 13.0 Å². The summed E-state index contributed by atoms with van der Waals surface area (Å²) in [5, 5.41) is 28.5. The van der Waals surface area contributed by atoms with Crippen LogP contribution in [0.2, 0.25) is 0 Å². The molecule has 0 amide bonds. The number of unbranched alkanes of at least 4 members (excludes halogenated alkanes) is 1. The van der Waals surface area contributed by atoms with Crippen molar-refractivity contribution in [1.29, 1.82) is 0 Å². The van der Waals surface area contributed by atoms with Crippen LogP contribution in [0.25, 0.3) is 0 Å². The minimum Gasteiger partial charge on any atom is -1.00 e. The summed E-state index contributed by atoms with van der Waals surface area (Å²) in [6, 6.07) is -1.45. The maximum Gasteiger partial charge on any atom is 1.00 e. The van der Waals surface area contributed by atoms with Gasteiger partial charge in [0, 0.05) is 0 Å². The number of carboxylic acid groups (broad SMARTS) is 2. The Morgan fingerprint density at radius 3 is 2.06 bits per heavy atom. The first-order chi connectivity index (χ1) is 6.50. The van der Waals surface area contributed by atoms with Crippen LogP contribution in [0, 0.1) is 0 Å². The molecule has 2 atom stereocenters. The Hall–Kier alpha value is 0.860. The van der Waals surface area contributed by atoms with Gasteiger partial charge in [0.2, 0.25) is 0 Å². The van der Waals surface area contributed by atoms with Gasteiger partial charge in [0.1, 0.15) is 6.04 Å². The molecular formula is C8H17NNa2O5. The van der Waals surface area contributed by atoms with Crippen LogP contribution >= 0.6 is 0 Å². The fourth-order valence-corrected chi connectivity index (χ4v) is 0.911. The third-order valence-electron chi connectivity index (χ3n) is 1.73. The van der Waals surface area contributed by atoms with E-state index in [-0.39, 0.29) is 62.0 Å². The number of aliphatic hydroxyl groups is 1. The van der Waals surface area contributed by atoms with Crippen molar-refractivity contribution in [3.05, 3.63) is 0 Å². The van der Waals surface area contributed by atoms with Gasteiger partial charge in [-0.2, -0.15) is 0 Å². The molecule has 0 saturated carbocycles. The normalized spacial score (nSPS) is 12.9. The van der Waals surface area contributed by atoms with E-state index in [1.54, 1.807) is 0 Å². The average molecular weight is 253 g/mol. The largest absolute Gasteiger partial charge is 1.00 e. The topological polar surface area (TPSA) is 107 Å². The van der Waals surface area contributed by atoms with E-state index in [0.29, 0.717) is 6.54 Å². The number of carbonyl (C=O) groups is 2. The number of nitrogens with one attached hydrogen (secondary N) is 1. The fraction of sp³-hybridized carbons (Fsp3) is 0.750. The predicted octanol–water partition coefficient (Wildman–Crippen LogP) is -6.49. The van der Waals surface area contributed by atoms with Crippen molar-refractivity contribution in [2.45, 2.75) is 31.9 Å². The minimum atomic E-state index is -1.91. The Labute approximate surface area is 141 Å². The van der Waals surface area contributed by atoms with Crippen LogP contribution in [0.15, 0.2) is 0 Å². The van der Waals surface area contributed by atoms with Crippen molar-refractivity contribution in [2.24, 2.45) is 0 Å². The van der Waals surface area contributed by atoms with Gasteiger partial charge in [-0.1, -0.05) is 13.3 Å². The summed E-state index contributed by atoms with van der Waals surface area (Å²) in [6.45, 7) is 2.29. The second-order valence-electron chi connectivity index (χ2n) is 2.91. The molecule has 0 saturated heterocycles. The molecule has 0 fully saturated rings. The Kier molecular flexibility index (Phi) is 17.0. The summed E-state index contributed by atoms with van der Waals surface area (Å²) >= 11 is 0. The van der Waals surface area contributed by atoms with E-state index < -0.39 is 24.1 Å². The number of aliphatic carboxylic acids is 2. The van der Waals surface area contributed by atoms with Gasteiger partial charge in [-0.3, -0.25) is 4.79 Å². The second-order valence-corrected chi connectivity index (χ2v) is 2.91. The number of hydrogen-bond acceptors (Lipinski definition) is 4. The van der Waals surface area contributed by atoms with Gasteiger partial charge in [0.05, 0.1) is 0 Å². The predicted molar refractivity (Wildman–Crippen MR) is 50.2 cm³/mol. The SMILES string of the molecule is CCCCNC(C(=O)O)C(O)C(=O)O.[H-].[H-].[Na+].[Na+]. The van der Waals surface area contributed by atoms with E-state index >= 15 is 0 Å². The molecule has 0 bridgehead atoms. The second kappa shape index (κ2) is 12.3. The summed E-state index contributed by atoms with van der Waals surface area (Å²) in [7, 11) is 0. The molecule has 16 heavy (non-hydrogen) atoms. The van der Waals surface area contributed by atoms with Crippen LogP contribution in [0.3, 0.4) is 0 Å². The van der Waals surface area contributed by atoms with E-state index in [4.69, 9.17) is 15.3 Å². The number of rotatable bonds is 7. The summed E-state index contributed by atoms with van der Waals surface area (Å²) in [4.78, 5) is 20.9. The Morgan fingerprint density at radius 2 is 1.75 bits per heavy atom. The molecule has 0 aliphatic heterocycles. The molecular weight excluding hydrogens is 236 g/mol. The van der Waals surface area contributed by atoms with Gasteiger partial charge in [-0.25, -0.2) is 4.79 Å². The molecule has 0 spiro atoms. The summed E-state index contributed by atoms with van der Waals surface area (Å²) in [5.41, 5.74) is 0. The maximum atomic E-state index is 10.6. The first kappa shape index (κ1) is 22.1. The first-order valence-electron chi connectivity index (χ1n) is 4.37. The molecule has 0 aliphatic rings. The van der Waals surface area contributed by atoms with Crippen molar-refractivity contribution in [2.75, 3.05) is 6.54 Å². The number of aliphatic hydroxyl groups excluding tert-OH is 1. The molecule has 0 radical (unpaired) electrons. The molecule has 2 unspecified atom stereocenters. The van der Waals surface area contributed by atoms with E-state index in [1.165, 1.54) is 0 Å². The zero-order chi connectivity index (χ0) is 11.1. The zero-order valence-electron chi connectivity index (χ0n) is 11.9. The van der Waals surface area contributed by atoms with E-state index in [0.717, 1.165) is 12.8 Å². The molecule has 0 aromatic heterocycles. The molecule has 4 N–H and O–H groups in total. The molecule has 0 heterocycles. The molecule has 8 heteroatoms. The molecule has 86 valence electrons. The molecule has 0 aromatic carbocycles. The van der Waals surface area contributed by atoms with Gasteiger partial charge >= 0.3 is 71.1 Å². The average Bonchev–Trinajstić information content (AvgIpc) is 2.10. The van der Waals surface area contributed by atoms with Crippen LogP contribution < -0.4 is 64.4 Å². The smallest absolute Gasteiger partial charge is 1.00 e. The van der Waals surface area contributed by atoms with Gasteiger partial charge in [-0.15, -0.1) is 0 Å². The van der Waals surface area contributed by atoms with E-state index in [9.17, 15) is 9.59 Å². The fourth-order valence-electron chi connectivity index (χ4n) is 0.911. The molecule has 0 aliphatic carbocycles. The third-order valence-corrected chi connectivity index (χ3v) is 1.73. The quantitative estimate of drug-likeness (QED) is 0.265. The number of hydrogen-bond donors (Lipinski definition) is 4. The van der Waals surface area contributed by atoms with Crippen molar-refractivity contribution < 1.29 is 86.9 Å². The zero-order valence-corrected chi connectivity index (χ0v) is 13.9. The Bertz CT molecular complexity index is 224. The van der Waals surface area contributed by atoms with Crippen LogP contribution in [-0.4, -0.2) is 45.9 Å². The van der Waals surface area contributed by atoms with Gasteiger partial charge in [0.15, 0.2) is 6.10 Å². The maximum absolute atomic E-state index is 10.6. The van der Waals surface area contributed by atoms with E-state index in [2.05, 4.69) is 5.32 Å². The van der Waals surface area contributed by atoms with Crippen LogP contribution in [0.5, 0.6) is 0 Å². The minimum absolute atomic E-state index is 0. The van der Waals surface area contributed by atoms with Crippen molar-refractivity contribution in [1.82, 2.24) is 5.32 Å². The summed E-state index contributed by atoms with van der Waals surface area (Å²) in [6.07, 6.45) is -0.317. The van der Waals surface area contributed by atoms with Crippen molar-refractivity contribution >= 4 is 11.9 Å². The van der Waals surface area contributed by atoms with Crippen LogP contribution in [0.4, 0.5) is 0 Å². The molecule has 6 nitrogen and oxygen atoms in total. The molecule has 0 aromatic rings. The first-order valence-corrected chi connectivity index (χ1v) is 4.37. The Balaban J connectivity index is -0.000000141. The van der Waals surface area contributed by atoms with Gasteiger partial charge in [0.25, 0.3) is 0 Å². The monoisotopic (exact) mass is 253 g/mol. The summed E-state index contributed by atoms with van der Waals surface area (Å²) < 4.78 is 0. The number of carboxylic acids is 2. The Morgan fingerprint density at radius 1 is 1.25 bits per heavy atom. The van der Waals surface area contributed by atoms with Crippen LogP contribution in [-0.2, 0) is 9.59 Å². The van der Waals surface area contributed by atoms with Gasteiger partial charge < -0.3 is 23.5 Å². The van der Waals surface area contributed by atoms with Crippen molar-refractivity contribution in [3.8, 4) is 0 Å². The van der Waals surface area contributed by atoms with Crippen LogP contribution in [0.1, 0.15) is 22.6 Å². The summed E-state index contributed by atoms with van der Waals surface area (Å²) in [5.74, 6) is -2.91. The molecule has 0 rings (SSSR count). The standard InChI is InChI=1S/C8H15NO5.2Na.2H/c1-2-3-4-9-5(7(11)12)6(10)8(13)14;;;;/h5-6,9-10H,2-4H2,1H3,(H,11,12)(H,13,14);;;;/q;2*+1;2*-1. The van der Waals surface area contributed by atoms with E-state index in [1.807, 2.05) is 6.92 Å². The third kappa shape index (κ3) is 8.95.